The molecule has 17 heavy (non-hydrogen) atoms. The summed E-state index contributed by atoms with van der Waals surface area (Å²) in [5.74, 6) is -0.694. The average molecular weight is 257 g/mol. The molecule has 94 valence electrons. The van der Waals surface area contributed by atoms with Crippen molar-refractivity contribution in [3.05, 3.63) is 29.6 Å². The third kappa shape index (κ3) is 4.75. The van der Waals surface area contributed by atoms with Crippen molar-refractivity contribution in [1.82, 2.24) is 5.32 Å². The van der Waals surface area contributed by atoms with Crippen molar-refractivity contribution in [2.45, 2.75) is 24.8 Å². The predicted octanol–water partition coefficient (Wildman–Crippen LogP) is 2.27. The topological polar surface area (TPSA) is 38.3 Å². The molecule has 0 aliphatic carbocycles. The summed E-state index contributed by atoms with van der Waals surface area (Å²) in [5.41, 5.74) is 0.390. The van der Waals surface area contributed by atoms with Gasteiger partial charge in [-0.05, 0) is 32.0 Å². The SMILES string of the molecule is CC(C)OCCNC(=O)c1ccc(F)c(S)c1. The Hall–Kier alpha value is -1.07. The van der Waals surface area contributed by atoms with Gasteiger partial charge in [0.1, 0.15) is 5.82 Å². The van der Waals surface area contributed by atoms with Crippen LogP contribution in [-0.4, -0.2) is 25.2 Å². The number of nitrogens with one attached hydrogen (secondary N) is 1. The molecule has 0 aromatic heterocycles. The molecular weight excluding hydrogens is 241 g/mol. The fourth-order valence-corrected chi connectivity index (χ4v) is 1.43. The molecule has 0 spiro atoms. The van der Waals surface area contributed by atoms with E-state index in [2.05, 4.69) is 17.9 Å². The highest BCUT2D eigenvalue weighted by Crippen LogP contribution is 2.13. The largest absolute Gasteiger partial charge is 0.377 e. The van der Waals surface area contributed by atoms with E-state index < -0.39 is 5.82 Å². The van der Waals surface area contributed by atoms with Crippen molar-refractivity contribution in [3.63, 3.8) is 0 Å². The van der Waals surface area contributed by atoms with Gasteiger partial charge in [-0.15, -0.1) is 12.6 Å². The fraction of sp³-hybridized carbons (Fsp3) is 0.417. The van der Waals surface area contributed by atoms with E-state index >= 15 is 0 Å². The number of hydrogen-bond donors (Lipinski definition) is 2. The molecule has 1 N–H and O–H groups in total. The highest BCUT2D eigenvalue weighted by atomic mass is 32.1. The van der Waals surface area contributed by atoms with Gasteiger partial charge in [-0.25, -0.2) is 4.39 Å². The van der Waals surface area contributed by atoms with Crippen LogP contribution in [0.3, 0.4) is 0 Å². The molecular formula is C12H16FNO2S. The molecule has 0 fully saturated rings. The molecule has 0 saturated heterocycles. The van der Waals surface area contributed by atoms with Crippen LogP contribution in [-0.2, 0) is 4.74 Å². The number of thiol groups is 1. The molecule has 1 aromatic rings. The van der Waals surface area contributed by atoms with Crippen LogP contribution in [0.4, 0.5) is 4.39 Å². The normalized spacial score (nSPS) is 10.6. The van der Waals surface area contributed by atoms with Crippen molar-refractivity contribution in [2.24, 2.45) is 0 Å². The summed E-state index contributed by atoms with van der Waals surface area (Å²) in [4.78, 5) is 11.8. The molecule has 1 rings (SSSR count). The lowest BCUT2D eigenvalue weighted by Crippen LogP contribution is -2.28. The van der Waals surface area contributed by atoms with Gasteiger partial charge in [0.25, 0.3) is 5.91 Å². The van der Waals surface area contributed by atoms with Crippen LogP contribution >= 0.6 is 12.6 Å². The Bertz CT molecular complexity index is 396. The summed E-state index contributed by atoms with van der Waals surface area (Å²) in [6, 6.07) is 4.05. The Morgan fingerprint density at radius 2 is 2.24 bits per heavy atom. The number of ether oxygens (including phenoxy) is 1. The molecule has 0 saturated carbocycles. The van der Waals surface area contributed by atoms with Gasteiger partial charge in [0, 0.05) is 17.0 Å². The maximum atomic E-state index is 12.9. The van der Waals surface area contributed by atoms with Crippen molar-refractivity contribution in [1.29, 1.82) is 0 Å². The van der Waals surface area contributed by atoms with E-state index in [0.29, 0.717) is 18.7 Å². The second-order valence-electron chi connectivity index (χ2n) is 3.84. The second kappa shape index (κ2) is 6.61. The van der Waals surface area contributed by atoms with Crippen molar-refractivity contribution >= 4 is 18.5 Å². The van der Waals surface area contributed by atoms with Crippen LogP contribution in [0.15, 0.2) is 23.1 Å². The molecule has 0 radical (unpaired) electrons. The van der Waals surface area contributed by atoms with E-state index in [9.17, 15) is 9.18 Å². The summed E-state index contributed by atoms with van der Waals surface area (Å²) in [6.07, 6.45) is 0.141. The predicted molar refractivity (Wildman–Crippen MR) is 67.1 cm³/mol. The van der Waals surface area contributed by atoms with E-state index in [1.54, 1.807) is 0 Å². The molecule has 0 aliphatic heterocycles. The molecule has 0 unspecified atom stereocenters. The standard InChI is InChI=1S/C12H16FNO2S/c1-8(2)16-6-5-14-12(15)9-3-4-10(13)11(17)7-9/h3-4,7-8,17H,5-6H2,1-2H3,(H,14,15). The van der Waals surface area contributed by atoms with Gasteiger partial charge in [-0.1, -0.05) is 0 Å². The van der Waals surface area contributed by atoms with Gasteiger partial charge in [0.15, 0.2) is 0 Å². The summed E-state index contributed by atoms with van der Waals surface area (Å²) in [7, 11) is 0. The fourth-order valence-electron chi connectivity index (χ4n) is 1.22. The molecule has 0 atom stereocenters. The Labute approximate surface area is 106 Å². The van der Waals surface area contributed by atoms with Gasteiger partial charge in [-0.2, -0.15) is 0 Å². The van der Waals surface area contributed by atoms with Gasteiger partial charge in [-0.3, -0.25) is 4.79 Å². The first-order valence-corrected chi connectivity index (χ1v) is 5.83. The first-order valence-electron chi connectivity index (χ1n) is 5.39. The minimum Gasteiger partial charge on any atom is -0.377 e. The number of rotatable bonds is 5. The zero-order chi connectivity index (χ0) is 12.8. The monoisotopic (exact) mass is 257 g/mol. The maximum Gasteiger partial charge on any atom is 0.251 e. The molecule has 3 nitrogen and oxygen atoms in total. The highest BCUT2D eigenvalue weighted by Gasteiger charge is 2.07. The Balaban J connectivity index is 2.44. The number of hydrogen-bond acceptors (Lipinski definition) is 3. The van der Waals surface area contributed by atoms with Crippen molar-refractivity contribution in [2.75, 3.05) is 13.2 Å². The van der Waals surface area contributed by atoms with Gasteiger partial charge in [0.2, 0.25) is 0 Å². The van der Waals surface area contributed by atoms with Gasteiger partial charge < -0.3 is 10.1 Å². The van der Waals surface area contributed by atoms with Crippen molar-refractivity contribution in [3.8, 4) is 0 Å². The first-order chi connectivity index (χ1) is 8.00. The van der Waals surface area contributed by atoms with Crippen LogP contribution in [0.1, 0.15) is 24.2 Å². The Morgan fingerprint density at radius 3 is 2.82 bits per heavy atom. The number of amides is 1. The Morgan fingerprint density at radius 1 is 1.53 bits per heavy atom. The lowest BCUT2D eigenvalue weighted by atomic mass is 10.2. The van der Waals surface area contributed by atoms with Crippen LogP contribution in [0.2, 0.25) is 0 Å². The molecule has 0 aliphatic rings. The number of carbonyl (C=O) groups is 1. The molecule has 5 heteroatoms. The zero-order valence-corrected chi connectivity index (χ0v) is 10.8. The first kappa shape index (κ1) is 14.0. The van der Waals surface area contributed by atoms with E-state index in [-0.39, 0.29) is 16.9 Å². The van der Waals surface area contributed by atoms with E-state index in [1.165, 1.54) is 18.2 Å². The number of carbonyl (C=O) groups excluding carboxylic acids is 1. The smallest absolute Gasteiger partial charge is 0.251 e. The van der Waals surface area contributed by atoms with Crippen LogP contribution < -0.4 is 5.32 Å². The molecule has 0 bridgehead atoms. The molecule has 1 amide bonds. The minimum absolute atomic E-state index is 0.141. The van der Waals surface area contributed by atoms with E-state index in [4.69, 9.17) is 4.74 Å². The average Bonchev–Trinajstić information content (AvgIpc) is 2.27. The van der Waals surface area contributed by atoms with E-state index in [0.717, 1.165) is 0 Å². The lowest BCUT2D eigenvalue weighted by molar-refractivity contribution is 0.0746. The molecule has 1 aromatic carbocycles. The second-order valence-corrected chi connectivity index (χ2v) is 4.32. The lowest BCUT2D eigenvalue weighted by Gasteiger charge is -2.09. The third-order valence-electron chi connectivity index (χ3n) is 2.05. The van der Waals surface area contributed by atoms with Crippen LogP contribution in [0.5, 0.6) is 0 Å². The Kier molecular flexibility index (Phi) is 5.44. The summed E-state index contributed by atoms with van der Waals surface area (Å²) in [5, 5.41) is 2.68. The highest BCUT2D eigenvalue weighted by molar-refractivity contribution is 7.80. The van der Waals surface area contributed by atoms with Crippen molar-refractivity contribution < 1.29 is 13.9 Å². The van der Waals surface area contributed by atoms with Crippen LogP contribution in [0.25, 0.3) is 0 Å². The summed E-state index contributed by atoms with van der Waals surface area (Å²) < 4.78 is 18.2. The number of halogens is 1. The zero-order valence-electron chi connectivity index (χ0n) is 9.87. The minimum atomic E-state index is -0.437. The van der Waals surface area contributed by atoms with Gasteiger partial charge in [0.05, 0.1) is 12.7 Å². The van der Waals surface area contributed by atoms with Gasteiger partial charge >= 0.3 is 0 Å². The number of benzene rings is 1. The third-order valence-corrected chi connectivity index (χ3v) is 2.39. The van der Waals surface area contributed by atoms with E-state index in [1.807, 2.05) is 13.8 Å². The quantitative estimate of drug-likeness (QED) is 0.627. The molecule has 0 heterocycles. The summed E-state index contributed by atoms with van der Waals surface area (Å²) in [6.45, 7) is 4.73. The maximum absolute atomic E-state index is 12.9. The van der Waals surface area contributed by atoms with Crippen LogP contribution in [0, 0.1) is 5.82 Å². The summed E-state index contributed by atoms with van der Waals surface area (Å²) >= 11 is 3.92.